The summed E-state index contributed by atoms with van der Waals surface area (Å²) >= 11 is 0. The highest BCUT2D eigenvalue weighted by molar-refractivity contribution is 5.00. The Kier molecular flexibility index (Phi) is 3.92. The lowest BCUT2D eigenvalue weighted by Gasteiger charge is -2.34. The molecule has 1 atom stereocenters. The fourth-order valence-electron chi connectivity index (χ4n) is 4.17. The van der Waals surface area contributed by atoms with Crippen molar-refractivity contribution >= 4 is 0 Å². The second-order valence-electron chi connectivity index (χ2n) is 8.83. The first kappa shape index (κ1) is 14.8. The first-order valence-corrected chi connectivity index (χ1v) is 8.83. The molecule has 0 amide bonds. The molecule has 0 aromatic carbocycles. The minimum atomic E-state index is 0.247. The van der Waals surface area contributed by atoms with Crippen LogP contribution in [0.3, 0.4) is 0 Å². The van der Waals surface area contributed by atoms with Gasteiger partial charge in [0.2, 0.25) is 0 Å². The molecule has 0 radical (unpaired) electrons. The minimum absolute atomic E-state index is 0.247. The quantitative estimate of drug-likeness (QED) is 0.822. The Morgan fingerprint density at radius 3 is 2.30 bits per heavy atom. The molecule has 3 aliphatic rings. The van der Waals surface area contributed by atoms with Crippen LogP contribution in [-0.4, -0.2) is 23.8 Å². The van der Waals surface area contributed by atoms with Crippen LogP contribution in [0.5, 0.6) is 0 Å². The molecule has 2 heteroatoms. The Morgan fingerprint density at radius 1 is 1.00 bits per heavy atom. The van der Waals surface area contributed by atoms with Gasteiger partial charge in [0.1, 0.15) is 0 Å². The summed E-state index contributed by atoms with van der Waals surface area (Å²) in [5.41, 5.74) is 1.12. The Balaban J connectivity index is 1.49. The van der Waals surface area contributed by atoms with Crippen LogP contribution in [-0.2, 0) is 4.74 Å². The molecule has 2 saturated carbocycles. The maximum atomic E-state index is 6.57. The molecule has 1 heterocycles. The molecule has 3 fully saturated rings. The topological polar surface area (TPSA) is 21.3 Å². The van der Waals surface area contributed by atoms with Gasteiger partial charge in [-0.05, 0) is 71.1 Å². The van der Waals surface area contributed by atoms with Gasteiger partial charge in [0.05, 0.1) is 11.7 Å². The van der Waals surface area contributed by atoms with E-state index < -0.39 is 0 Å². The highest BCUT2D eigenvalue weighted by Crippen LogP contribution is 2.53. The van der Waals surface area contributed by atoms with Gasteiger partial charge in [0, 0.05) is 12.1 Å². The maximum Gasteiger partial charge on any atom is 0.0687 e. The normalized spacial score (nSPS) is 31.6. The molecule has 1 spiro atoms. The summed E-state index contributed by atoms with van der Waals surface area (Å²) in [5, 5.41) is 3.71. The summed E-state index contributed by atoms with van der Waals surface area (Å²) in [7, 11) is 0. The van der Waals surface area contributed by atoms with Gasteiger partial charge in [-0.1, -0.05) is 19.3 Å². The molecule has 2 nitrogen and oxygen atoms in total. The van der Waals surface area contributed by atoms with Crippen molar-refractivity contribution < 1.29 is 4.74 Å². The molecule has 1 unspecified atom stereocenters. The summed E-state index contributed by atoms with van der Waals surface area (Å²) in [6.45, 7) is 7.99. The number of nitrogens with one attached hydrogen (secondary N) is 1. The Hall–Kier alpha value is -0.0800. The number of rotatable bonds is 4. The molecule has 2 aliphatic carbocycles. The summed E-state index contributed by atoms with van der Waals surface area (Å²) < 4.78 is 6.57. The van der Waals surface area contributed by atoms with Crippen LogP contribution in [0.15, 0.2) is 0 Å². The van der Waals surface area contributed by atoms with Gasteiger partial charge in [-0.2, -0.15) is 0 Å². The average molecular weight is 279 g/mol. The monoisotopic (exact) mass is 279 g/mol. The van der Waals surface area contributed by atoms with Crippen LogP contribution in [0.4, 0.5) is 0 Å². The van der Waals surface area contributed by atoms with Gasteiger partial charge in [0.25, 0.3) is 0 Å². The third-order valence-electron chi connectivity index (χ3n) is 5.71. The van der Waals surface area contributed by atoms with E-state index in [9.17, 15) is 0 Å². The number of ether oxygens (including phenoxy) is 1. The van der Waals surface area contributed by atoms with Crippen molar-refractivity contribution in [2.24, 2.45) is 5.41 Å². The third kappa shape index (κ3) is 3.57. The van der Waals surface area contributed by atoms with E-state index >= 15 is 0 Å². The lowest BCUT2D eigenvalue weighted by Crippen LogP contribution is -2.40. The van der Waals surface area contributed by atoms with Crippen molar-refractivity contribution in [3.8, 4) is 0 Å². The second-order valence-corrected chi connectivity index (χ2v) is 8.83. The van der Waals surface area contributed by atoms with E-state index in [-0.39, 0.29) is 5.54 Å². The van der Waals surface area contributed by atoms with Crippen molar-refractivity contribution in [2.75, 3.05) is 6.54 Å². The van der Waals surface area contributed by atoms with E-state index in [1.807, 2.05) is 0 Å². The first-order chi connectivity index (χ1) is 9.41. The van der Waals surface area contributed by atoms with E-state index in [0.29, 0.717) is 17.1 Å². The summed E-state index contributed by atoms with van der Waals surface area (Å²) in [5.74, 6) is 0. The van der Waals surface area contributed by atoms with Gasteiger partial charge in [-0.25, -0.2) is 0 Å². The van der Waals surface area contributed by atoms with Crippen LogP contribution < -0.4 is 5.32 Å². The number of hydrogen-bond acceptors (Lipinski definition) is 2. The van der Waals surface area contributed by atoms with Crippen LogP contribution in [0.25, 0.3) is 0 Å². The van der Waals surface area contributed by atoms with Crippen LogP contribution in [0.2, 0.25) is 0 Å². The highest BCUT2D eigenvalue weighted by Gasteiger charge is 2.48. The first-order valence-electron chi connectivity index (χ1n) is 8.83. The van der Waals surface area contributed by atoms with Gasteiger partial charge >= 0.3 is 0 Å². The van der Waals surface area contributed by atoms with Crippen LogP contribution >= 0.6 is 0 Å². The molecular weight excluding hydrogens is 246 g/mol. The molecule has 1 saturated heterocycles. The lowest BCUT2D eigenvalue weighted by molar-refractivity contribution is -0.0712. The Labute approximate surface area is 125 Å². The molecular formula is C18H33NO. The van der Waals surface area contributed by atoms with E-state index in [2.05, 4.69) is 26.1 Å². The fraction of sp³-hybridized carbons (Fsp3) is 1.00. The predicted octanol–water partition coefficient (Wildman–Crippen LogP) is 4.43. The van der Waals surface area contributed by atoms with E-state index in [1.54, 1.807) is 0 Å². The maximum absolute atomic E-state index is 6.57. The molecule has 20 heavy (non-hydrogen) atoms. The van der Waals surface area contributed by atoms with Crippen molar-refractivity contribution in [1.82, 2.24) is 5.32 Å². The van der Waals surface area contributed by atoms with Crippen molar-refractivity contribution in [2.45, 2.75) is 102 Å². The molecule has 0 aromatic heterocycles. The molecule has 1 aliphatic heterocycles. The smallest absolute Gasteiger partial charge is 0.0687 e. The molecule has 1 N–H and O–H groups in total. The third-order valence-corrected chi connectivity index (χ3v) is 5.71. The van der Waals surface area contributed by atoms with Gasteiger partial charge in [-0.3, -0.25) is 0 Å². The second kappa shape index (κ2) is 5.28. The zero-order chi connectivity index (χ0) is 14.3. The molecule has 0 bridgehead atoms. The SMILES string of the molecule is CC(C)(C)NCC1(CC2CCC3(CCCCC3)O2)CC1. The Morgan fingerprint density at radius 2 is 1.70 bits per heavy atom. The van der Waals surface area contributed by atoms with Crippen LogP contribution in [0, 0.1) is 5.41 Å². The summed E-state index contributed by atoms with van der Waals surface area (Å²) in [4.78, 5) is 0. The summed E-state index contributed by atoms with van der Waals surface area (Å²) in [6.07, 6.45) is 14.2. The van der Waals surface area contributed by atoms with Gasteiger partial charge in [-0.15, -0.1) is 0 Å². The largest absolute Gasteiger partial charge is 0.372 e. The van der Waals surface area contributed by atoms with Gasteiger partial charge < -0.3 is 10.1 Å². The van der Waals surface area contributed by atoms with Gasteiger partial charge in [0.15, 0.2) is 0 Å². The predicted molar refractivity (Wildman–Crippen MR) is 84.0 cm³/mol. The molecule has 3 rings (SSSR count). The average Bonchev–Trinajstić information content (AvgIpc) is 3.05. The van der Waals surface area contributed by atoms with E-state index in [1.165, 1.54) is 70.8 Å². The highest BCUT2D eigenvalue weighted by atomic mass is 16.5. The Bertz CT molecular complexity index is 334. The fourth-order valence-corrected chi connectivity index (χ4v) is 4.17. The van der Waals surface area contributed by atoms with Crippen molar-refractivity contribution in [3.05, 3.63) is 0 Å². The standard InChI is InChI=1S/C18H33NO/c1-16(2,3)19-14-17(11-12-17)13-15-7-10-18(20-15)8-5-4-6-9-18/h15,19H,4-14H2,1-3H3. The van der Waals surface area contributed by atoms with E-state index in [4.69, 9.17) is 4.74 Å². The molecule has 0 aromatic rings. The van der Waals surface area contributed by atoms with E-state index in [0.717, 1.165) is 0 Å². The lowest BCUT2D eigenvalue weighted by atomic mass is 9.83. The molecule has 116 valence electrons. The zero-order valence-corrected chi connectivity index (χ0v) is 13.8. The summed E-state index contributed by atoms with van der Waals surface area (Å²) in [6, 6.07) is 0. The minimum Gasteiger partial charge on any atom is -0.372 e. The van der Waals surface area contributed by atoms with Crippen LogP contribution in [0.1, 0.15) is 85.0 Å². The van der Waals surface area contributed by atoms with Crippen molar-refractivity contribution in [1.29, 1.82) is 0 Å². The zero-order valence-electron chi connectivity index (χ0n) is 13.8. The van der Waals surface area contributed by atoms with Crippen molar-refractivity contribution in [3.63, 3.8) is 0 Å². The number of hydrogen-bond donors (Lipinski definition) is 1.